The van der Waals surface area contributed by atoms with Crippen molar-refractivity contribution in [1.82, 2.24) is 15.5 Å². The van der Waals surface area contributed by atoms with Crippen molar-refractivity contribution in [1.29, 1.82) is 0 Å². The SMILES string of the molecule is CC(C)Cc1cc(C(=O)NCC(C)(O)c2cccs2)n[nH]1. The summed E-state index contributed by atoms with van der Waals surface area (Å²) in [5.74, 6) is 0.221. The Balaban J connectivity index is 1.94. The molecule has 0 saturated carbocycles. The second kappa shape index (κ2) is 6.41. The van der Waals surface area contributed by atoms with E-state index in [-0.39, 0.29) is 12.5 Å². The van der Waals surface area contributed by atoms with Gasteiger partial charge in [0.25, 0.3) is 5.91 Å². The molecular weight excluding hydrogens is 286 g/mol. The number of hydrogen-bond acceptors (Lipinski definition) is 4. The number of nitrogens with one attached hydrogen (secondary N) is 2. The van der Waals surface area contributed by atoms with Crippen LogP contribution < -0.4 is 5.32 Å². The summed E-state index contributed by atoms with van der Waals surface area (Å²) >= 11 is 1.47. The second-order valence-electron chi connectivity index (χ2n) is 5.81. The molecule has 1 amide bonds. The summed E-state index contributed by atoms with van der Waals surface area (Å²) in [6, 6.07) is 5.49. The third-order valence-electron chi connectivity index (χ3n) is 3.14. The summed E-state index contributed by atoms with van der Waals surface area (Å²) in [4.78, 5) is 12.9. The standard InChI is InChI=1S/C15H21N3O2S/c1-10(2)7-11-8-12(18-17-11)14(19)16-9-15(3,20)13-5-4-6-21-13/h4-6,8,10,20H,7,9H2,1-3H3,(H,16,19)(H,17,18). The number of hydrogen-bond donors (Lipinski definition) is 3. The molecule has 1 unspecified atom stereocenters. The van der Waals surface area contributed by atoms with Gasteiger partial charge in [0.1, 0.15) is 11.3 Å². The van der Waals surface area contributed by atoms with E-state index in [2.05, 4.69) is 29.4 Å². The van der Waals surface area contributed by atoms with Crippen molar-refractivity contribution in [3.63, 3.8) is 0 Å². The number of carbonyl (C=O) groups is 1. The van der Waals surface area contributed by atoms with Crippen LogP contribution in [0.4, 0.5) is 0 Å². The van der Waals surface area contributed by atoms with Crippen molar-refractivity contribution in [2.75, 3.05) is 6.54 Å². The molecular formula is C15H21N3O2S. The minimum Gasteiger partial charge on any atom is -0.383 e. The number of aromatic amines is 1. The molecule has 0 aliphatic rings. The van der Waals surface area contributed by atoms with Crippen LogP contribution in [0.1, 0.15) is 41.8 Å². The molecule has 0 radical (unpaired) electrons. The molecule has 21 heavy (non-hydrogen) atoms. The van der Waals surface area contributed by atoms with E-state index in [0.29, 0.717) is 11.6 Å². The molecule has 0 saturated heterocycles. The maximum absolute atomic E-state index is 12.1. The van der Waals surface area contributed by atoms with Crippen molar-refractivity contribution in [3.05, 3.63) is 39.8 Å². The highest BCUT2D eigenvalue weighted by molar-refractivity contribution is 7.10. The van der Waals surface area contributed by atoms with E-state index in [4.69, 9.17) is 0 Å². The molecule has 2 aromatic rings. The minimum absolute atomic E-state index is 0.152. The summed E-state index contributed by atoms with van der Waals surface area (Å²) in [5.41, 5.74) is 0.230. The van der Waals surface area contributed by atoms with Crippen LogP contribution in [0, 0.1) is 5.92 Å². The molecule has 0 fully saturated rings. The largest absolute Gasteiger partial charge is 0.383 e. The van der Waals surface area contributed by atoms with Crippen molar-refractivity contribution in [2.24, 2.45) is 5.92 Å². The van der Waals surface area contributed by atoms with Crippen molar-refractivity contribution < 1.29 is 9.90 Å². The van der Waals surface area contributed by atoms with E-state index >= 15 is 0 Å². The zero-order chi connectivity index (χ0) is 15.5. The highest BCUT2D eigenvalue weighted by Gasteiger charge is 2.25. The molecule has 0 aliphatic heterocycles. The van der Waals surface area contributed by atoms with E-state index in [1.807, 2.05) is 17.5 Å². The Morgan fingerprint density at radius 2 is 2.33 bits per heavy atom. The van der Waals surface area contributed by atoms with Crippen molar-refractivity contribution >= 4 is 17.2 Å². The van der Waals surface area contributed by atoms with Gasteiger partial charge < -0.3 is 10.4 Å². The van der Waals surface area contributed by atoms with Crippen LogP contribution in [0.5, 0.6) is 0 Å². The average molecular weight is 307 g/mol. The molecule has 0 bridgehead atoms. The van der Waals surface area contributed by atoms with Crippen LogP contribution in [-0.4, -0.2) is 27.8 Å². The van der Waals surface area contributed by atoms with Crippen LogP contribution in [0.2, 0.25) is 0 Å². The quantitative estimate of drug-likeness (QED) is 0.766. The Hall–Kier alpha value is -1.66. The van der Waals surface area contributed by atoms with Crippen molar-refractivity contribution in [2.45, 2.75) is 32.8 Å². The Labute approximate surface area is 128 Å². The number of rotatable bonds is 6. The van der Waals surface area contributed by atoms with Crippen LogP contribution in [0.25, 0.3) is 0 Å². The van der Waals surface area contributed by atoms with E-state index in [9.17, 15) is 9.90 Å². The summed E-state index contributed by atoms with van der Waals surface area (Å²) < 4.78 is 0. The van der Waals surface area contributed by atoms with Crippen LogP contribution in [0.15, 0.2) is 23.6 Å². The first-order valence-electron chi connectivity index (χ1n) is 6.97. The van der Waals surface area contributed by atoms with E-state index in [1.165, 1.54) is 11.3 Å². The monoisotopic (exact) mass is 307 g/mol. The zero-order valence-electron chi connectivity index (χ0n) is 12.5. The predicted molar refractivity (Wildman–Crippen MR) is 83.4 cm³/mol. The maximum Gasteiger partial charge on any atom is 0.271 e. The van der Waals surface area contributed by atoms with E-state index < -0.39 is 5.60 Å². The molecule has 2 rings (SSSR count). The summed E-state index contributed by atoms with van der Waals surface area (Å²) in [6.45, 7) is 6.06. The highest BCUT2D eigenvalue weighted by atomic mass is 32.1. The van der Waals surface area contributed by atoms with Gasteiger partial charge in [0.05, 0.1) is 6.54 Å². The van der Waals surface area contributed by atoms with Gasteiger partial charge in [-0.3, -0.25) is 9.89 Å². The number of carbonyl (C=O) groups excluding carboxylic acids is 1. The van der Waals surface area contributed by atoms with Crippen molar-refractivity contribution in [3.8, 4) is 0 Å². The van der Waals surface area contributed by atoms with Crippen LogP contribution in [-0.2, 0) is 12.0 Å². The Kier molecular flexibility index (Phi) is 4.80. The molecule has 2 aromatic heterocycles. The van der Waals surface area contributed by atoms with Gasteiger partial charge >= 0.3 is 0 Å². The number of nitrogens with zero attached hydrogens (tertiary/aromatic N) is 1. The number of aromatic nitrogens is 2. The minimum atomic E-state index is -1.07. The smallest absolute Gasteiger partial charge is 0.271 e. The van der Waals surface area contributed by atoms with Gasteiger partial charge in [-0.1, -0.05) is 19.9 Å². The molecule has 1 atom stereocenters. The van der Waals surface area contributed by atoms with Gasteiger partial charge in [-0.05, 0) is 36.8 Å². The lowest BCUT2D eigenvalue weighted by molar-refractivity contribution is 0.0555. The molecule has 0 spiro atoms. The zero-order valence-corrected chi connectivity index (χ0v) is 13.3. The summed E-state index contributed by atoms with van der Waals surface area (Å²) in [6.07, 6.45) is 0.854. The predicted octanol–water partition coefficient (Wildman–Crippen LogP) is 2.31. The van der Waals surface area contributed by atoms with Crippen LogP contribution in [0.3, 0.4) is 0 Å². The molecule has 0 aromatic carbocycles. The number of amides is 1. The maximum atomic E-state index is 12.1. The fraction of sp³-hybridized carbons (Fsp3) is 0.467. The highest BCUT2D eigenvalue weighted by Crippen LogP contribution is 2.24. The van der Waals surface area contributed by atoms with Gasteiger partial charge in [0, 0.05) is 10.6 Å². The Morgan fingerprint density at radius 1 is 1.57 bits per heavy atom. The first-order chi connectivity index (χ1) is 9.88. The lowest BCUT2D eigenvalue weighted by Crippen LogP contribution is -2.38. The Bertz CT molecular complexity index is 588. The first kappa shape index (κ1) is 15.7. The molecule has 6 heteroatoms. The molecule has 2 heterocycles. The topological polar surface area (TPSA) is 78.0 Å². The fourth-order valence-electron chi connectivity index (χ4n) is 2.04. The van der Waals surface area contributed by atoms with E-state index in [1.54, 1.807) is 13.0 Å². The molecule has 5 nitrogen and oxygen atoms in total. The lowest BCUT2D eigenvalue weighted by Gasteiger charge is -2.21. The number of H-pyrrole nitrogens is 1. The first-order valence-corrected chi connectivity index (χ1v) is 7.85. The molecule has 114 valence electrons. The molecule has 0 aliphatic carbocycles. The van der Waals surface area contributed by atoms with E-state index in [0.717, 1.165) is 17.0 Å². The average Bonchev–Trinajstić information content (AvgIpc) is 3.06. The molecule has 3 N–H and O–H groups in total. The van der Waals surface area contributed by atoms with Gasteiger partial charge in [0.15, 0.2) is 0 Å². The number of thiophene rings is 1. The Morgan fingerprint density at radius 3 is 2.95 bits per heavy atom. The van der Waals surface area contributed by atoms with Gasteiger partial charge in [-0.2, -0.15) is 5.10 Å². The van der Waals surface area contributed by atoms with Gasteiger partial charge in [-0.25, -0.2) is 0 Å². The lowest BCUT2D eigenvalue weighted by atomic mass is 10.1. The number of aliphatic hydroxyl groups is 1. The normalized spacial score (nSPS) is 14.1. The second-order valence-corrected chi connectivity index (χ2v) is 6.76. The van der Waals surface area contributed by atoms with Gasteiger partial charge in [-0.15, -0.1) is 11.3 Å². The summed E-state index contributed by atoms with van der Waals surface area (Å²) in [5, 5.41) is 21.9. The van der Waals surface area contributed by atoms with Gasteiger partial charge in [0.2, 0.25) is 0 Å². The van der Waals surface area contributed by atoms with Crippen LogP contribution >= 0.6 is 11.3 Å². The third-order valence-corrected chi connectivity index (χ3v) is 4.26. The summed E-state index contributed by atoms with van der Waals surface area (Å²) in [7, 11) is 0. The fourth-order valence-corrected chi connectivity index (χ4v) is 2.82. The third kappa shape index (κ3) is 4.15.